The fraction of sp³-hybridized carbons (Fsp3) is 0.222. The highest BCUT2D eigenvalue weighted by atomic mass is 16.6. The summed E-state index contributed by atoms with van der Waals surface area (Å²) < 4.78 is 6.84. The number of anilines is 1. The highest BCUT2D eigenvalue weighted by Gasteiger charge is 2.24. The first-order chi connectivity index (χ1) is 9.01. The number of nitrogens with zero attached hydrogens (tertiary/aromatic N) is 5. The molecule has 2 aromatic rings. The zero-order valence-electron chi connectivity index (χ0n) is 10.2. The van der Waals surface area contributed by atoms with E-state index in [0.29, 0.717) is 5.75 Å². The smallest absolute Gasteiger partial charge is 0.352 e. The molecule has 0 aliphatic heterocycles. The van der Waals surface area contributed by atoms with Gasteiger partial charge in [0.15, 0.2) is 5.75 Å². The maximum absolute atomic E-state index is 11.0. The van der Waals surface area contributed by atoms with E-state index in [-0.39, 0.29) is 23.2 Å². The van der Waals surface area contributed by atoms with Crippen molar-refractivity contribution in [3.8, 4) is 11.6 Å². The molecule has 2 aromatic heterocycles. The summed E-state index contributed by atoms with van der Waals surface area (Å²) in [5, 5.41) is 14.9. The van der Waals surface area contributed by atoms with Gasteiger partial charge in [-0.15, -0.1) is 0 Å². The van der Waals surface area contributed by atoms with Crippen molar-refractivity contribution in [1.82, 2.24) is 19.7 Å². The molecule has 0 amide bonds. The highest BCUT2D eigenvalue weighted by molar-refractivity contribution is 5.49. The van der Waals surface area contributed by atoms with Crippen molar-refractivity contribution in [2.45, 2.75) is 6.92 Å². The molecular weight excluding hydrogens is 254 g/mol. The van der Waals surface area contributed by atoms with E-state index in [1.54, 1.807) is 13.2 Å². The van der Waals surface area contributed by atoms with Crippen LogP contribution in [0.1, 0.15) is 5.69 Å². The van der Waals surface area contributed by atoms with Gasteiger partial charge in [0.25, 0.3) is 0 Å². The lowest BCUT2D eigenvalue weighted by atomic mass is 10.3. The number of hydrogen-bond acceptors (Lipinski definition) is 8. The van der Waals surface area contributed by atoms with Crippen LogP contribution in [-0.4, -0.2) is 24.7 Å². The van der Waals surface area contributed by atoms with Crippen LogP contribution in [-0.2, 0) is 7.05 Å². The number of rotatable bonds is 4. The Morgan fingerprint density at radius 1 is 1.53 bits per heavy atom. The summed E-state index contributed by atoms with van der Waals surface area (Å²) >= 11 is 0. The third-order valence-corrected chi connectivity index (χ3v) is 2.23. The van der Waals surface area contributed by atoms with E-state index in [0.717, 1.165) is 0 Å². The van der Waals surface area contributed by atoms with Gasteiger partial charge in [0, 0.05) is 7.05 Å². The summed E-state index contributed by atoms with van der Waals surface area (Å²) in [5.41, 5.74) is 2.05. The van der Waals surface area contributed by atoms with E-state index >= 15 is 0 Å². The zero-order chi connectivity index (χ0) is 14.0. The molecule has 2 heterocycles. The van der Waals surface area contributed by atoms with E-state index in [9.17, 15) is 10.1 Å². The van der Waals surface area contributed by atoms with Crippen LogP contribution < -0.4 is 16.0 Å². The van der Waals surface area contributed by atoms with Gasteiger partial charge >= 0.3 is 11.6 Å². The summed E-state index contributed by atoms with van der Waals surface area (Å²) in [6.07, 6.45) is 2.97. The standard InChI is InChI=1S/C9H11N7O3/c1-5-7(16(17)18)8(13-9(12-5)14-10)19-6-3-11-15(2)4-6/h3-4H,10H2,1-2H3,(H,12,13,14). The minimum atomic E-state index is -0.610. The van der Waals surface area contributed by atoms with Crippen molar-refractivity contribution in [2.75, 3.05) is 5.43 Å². The van der Waals surface area contributed by atoms with E-state index < -0.39 is 4.92 Å². The van der Waals surface area contributed by atoms with Gasteiger partial charge in [0.05, 0.1) is 17.3 Å². The third kappa shape index (κ3) is 2.57. The first-order valence-corrected chi connectivity index (χ1v) is 5.17. The first-order valence-electron chi connectivity index (χ1n) is 5.17. The number of hydrazine groups is 1. The molecule has 0 spiro atoms. The summed E-state index contributed by atoms with van der Waals surface area (Å²) in [6, 6.07) is 0. The maximum atomic E-state index is 11.0. The second kappa shape index (κ2) is 4.86. The normalized spacial score (nSPS) is 10.3. The lowest BCUT2D eigenvalue weighted by Gasteiger charge is -2.06. The van der Waals surface area contributed by atoms with Crippen LogP contribution in [0.3, 0.4) is 0 Å². The first kappa shape index (κ1) is 12.7. The molecule has 3 N–H and O–H groups in total. The lowest BCUT2D eigenvalue weighted by molar-refractivity contribution is -0.386. The van der Waals surface area contributed by atoms with Gasteiger partial charge in [-0.05, 0) is 6.92 Å². The molecule has 0 bridgehead atoms. The lowest BCUT2D eigenvalue weighted by Crippen LogP contribution is -2.12. The Morgan fingerprint density at radius 3 is 2.79 bits per heavy atom. The van der Waals surface area contributed by atoms with Crippen LogP contribution in [0.15, 0.2) is 12.4 Å². The molecule has 0 unspecified atom stereocenters. The maximum Gasteiger partial charge on any atom is 0.352 e. The van der Waals surface area contributed by atoms with Crippen LogP contribution in [0.4, 0.5) is 11.6 Å². The number of ether oxygens (including phenoxy) is 1. The van der Waals surface area contributed by atoms with Gasteiger partial charge < -0.3 is 4.74 Å². The van der Waals surface area contributed by atoms with Gasteiger partial charge in [-0.3, -0.25) is 20.2 Å². The minimum absolute atomic E-state index is 0.0296. The molecule has 0 aliphatic carbocycles. The second-order valence-electron chi connectivity index (χ2n) is 3.64. The number of nitrogens with two attached hydrogens (primary N) is 1. The fourth-order valence-corrected chi connectivity index (χ4v) is 1.45. The monoisotopic (exact) mass is 265 g/mol. The van der Waals surface area contributed by atoms with E-state index in [1.807, 2.05) is 0 Å². The molecule has 0 atom stereocenters. The largest absolute Gasteiger partial charge is 0.430 e. The fourth-order valence-electron chi connectivity index (χ4n) is 1.45. The molecule has 0 aliphatic rings. The van der Waals surface area contributed by atoms with Gasteiger partial charge in [0.1, 0.15) is 5.69 Å². The Morgan fingerprint density at radius 2 is 2.26 bits per heavy atom. The molecule has 0 saturated heterocycles. The summed E-state index contributed by atoms with van der Waals surface area (Å²) in [5.74, 6) is 5.35. The van der Waals surface area contributed by atoms with Crippen molar-refractivity contribution >= 4 is 11.6 Å². The molecule has 0 radical (unpaired) electrons. The Hall–Kier alpha value is -2.75. The molecule has 0 fully saturated rings. The molecule has 10 heteroatoms. The number of nitro groups is 1. The van der Waals surface area contributed by atoms with Crippen LogP contribution in [0, 0.1) is 17.0 Å². The molecule has 0 saturated carbocycles. The molecule has 100 valence electrons. The number of aromatic nitrogens is 4. The number of nitrogens with one attached hydrogen (secondary N) is 1. The average Bonchev–Trinajstić information content (AvgIpc) is 2.73. The molecular formula is C9H11N7O3. The molecule has 2 rings (SSSR count). The molecule has 19 heavy (non-hydrogen) atoms. The van der Waals surface area contributed by atoms with Gasteiger partial charge in [-0.25, -0.2) is 10.8 Å². The van der Waals surface area contributed by atoms with Gasteiger partial charge in [0.2, 0.25) is 5.95 Å². The average molecular weight is 265 g/mol. The third-order valence-electron chi connectivity index (χ3n) is 2.23. The molecule has 0 aromatic carbocycles. The van der Waals surface area contributed by atoms with Crippen molar-refractivity contribution in [1.29, 1.82) is 0 Å². The second-order valence-corrected chi connectivity index (χ2v) is 3.64. The predicted octanol–water partition coefficient (Wildman–Crippen LogP) is 0.505. The summed E-state index contributed by atoms with van der Waals surface area (Å²) in [6.45, 7) is 1.47. The SMILES string of the molecule is Cc1nc(NN)nc(Oc2cnn(C)c2)c1[N+](=O)[O-]. The number of hydrogen-bond donors (Lipinski definition) is 2. The Kier molecular flexibility index (Phi) is 3.25. The van der Waals surface area contributed by atoms with Gasteiger partial charge in [-0.1, -0.05) is 0 Å². The summed E-state index contributed by atoms with van der Waals surface area (Å²) in [7, 11) is 1.69. The van der Waals surface area contributed by atoms with Crippen molar-refractivity contribution in [3.05, 3.63) is 28.2 Å². The summed E-state index contributed by atoms with van der Waals surface area (Å²) in [4.78, 5) is 18.1. The van der Waals surface area contributed by atoms with Crippen LogP contribution in [0.5, 0.6) is 11.6 Å². The van der Waals surface area contributed by atoms with Crippen molar-refractivity contribution in [3.63, 3.8) is 0 Å². The zero-order valence-corrected chi connectivity index (χ0v) is 10.2. The van der Waals surface area contributed by atoms with E-state index in [1.165, 1.54) is 17.8 Å². The minimum Gasteiger partial charge on any atom is -0.430 e. The number of nitrogen functional groups attached to an aromatic ring is 1. The molecule has 10 nitrogen and oxygen atoms in total. The van der Waals surface area contributed by atoms with Crippen molar-refractivity contribution in [2.24, 2.45) is 12.9 Å². The Balaban J connectivity index is 2.47. The van der Waals surface area contributed by atoms with Crippen molar-refractivity contribution < 1.29 is 9.66 Å². The van der Waals surface area contributed by atoms with Gasteiger partial charge in [-0.2, -0.15) is 10.1 Å². The van der Waals surface area contributed by atoms with Crippen LogP contribution in [0.25, 0.3) is 0 Å². The highest BCUT2D eigenvalue weighted by Crippen LogP contribution is 2.31. The predicted molar refractivity (Wildman–Crippen MR) is 64.5 cm³/mol. The quantitative estimate of drug-likeness (QED) is 0.463. The van der Waals surface area contributed by atoms with E-state index in [4.69, 9.17) is 10.6 Å². The van der Waals surface area contributed by atoms with E-state index in [2.05, 4.69) is 20.5 Å². The Labute approximate surface area is 107 Å². The Bertz CT molecular complexity index is 624. The van der Waals surface area contributed by atoms with Crippen LogP contribution in [0.2, 0.25) is 0 Å². The topological polar surface area (TPSA) is 134 Å². The number of aryl methyl sites for hydroxylation is 2. The van der Waals surface area contributed by atoms with Crippen LogP contribution >= 0.6 is 0 Å².